The summed E-state index contributed by atoms with van der Waals surface area (Å²) < 4.78 is 47.0. The summed E-state index contributed by atoms with van der Waals surface area (Å²) in [5, 5.41) is 12.9. The predicted molar refractivity (Wildman–Crippen MR) is 108 cm³/mol. The fraction of sp³-hybridized carbons (Fsp3) is 0.500. The standard InChI is InChI=1S/C22H25F3N4O2/c1-21(2,14-26)11-4-5-12-28-13-10-17-18(20(28)30)29(27-19(17)22(23,24)25)15-6-8-16(31-3)9-7-15/h6-9H,4-5,10-13H2,1-3H3. The molecule has 1 aromatic carbocycles. The molecule has 31 heavy (non-hydrogen) atoms. The molecule has 9 heteroatoms. The van der Waals surface area contributed by atoms with E-state index in [-0.39, 0.29) is 24.2 Å². The highest BCUT2D eigenvalue weighted by molar-refractivity contribution is 5.96. The van der Waals surface area contributed by atoms with Crippen molar-refractivity contribution in [2.75, 3.05) is 20.2 Å². The number of aromatic nitrogens is 2. The van der Waals surface area contributed by atoms with Crippen LogP contribution >= 0.6 is 0 Å². The molecule has 2 aromatic rings. The monoisotopic (exact) mass is 434 g/mol. The van der Waals surface area contributed by atoms with Gasteiger partial charge in [0.05, 0.1) is 24.3 Å². The van der Waals surface area contributed by atoms with Crippen LogP contribution in [0.15, 0.2) is 24.3 Å². The molecule has 3 rings (SSSR count). The maximum atomic E-state index is 13.6. The minimum Gasteiger partial charge on any atom is -0.497 e. The van der Waals surface area contributed by atoms with Crippen LogP contribution in [0.2, 0.25) is 0 Å². The molecular formula is C22H25F3N4O2. The van der Waals surface area contributed by atoms with E-state index < -0.39 is 23.2 Å². The fourth-order valence-electron chi connectivity index (χ4n) is 3.68. The lowest BCUT2D eigenvalue weighted by Crippen LogP contribution is -2.39. The highest BCUT2D eigenvalue weighted by atomic mass is 19.4. The van der Waals surface area contributed by atoms with Crippen molar-refractivity contribution in [3.63, 3.8) is 0 Å². The lowest BCUT2D eigenvalue weighted by atomic mass is 9.89. The average molecular weight is 434 g/mol. The Labute approximate surface area is 179 Å². The normalized spacial score (nSPS) is 14.4. The maximum absolute atomic E-state index is 13.6. The van der Waals surface area contributed by atoms with Crippen LogP contribution in [0.1, 0.15) is 54.9 Å². The third-order valence-corrected chi connectivity index (χ3v) is 5.47. The first-order valence-corrected chi connectivity index (χ1v) is 10.1. The Morgan fingerprint density at radius 2 is 1.87 bits per heavy atom. The van der Waals surface area contributed by atoms with Gasteiger partial charge in [-0.15, -0.1) is 0 Å². The van der Waals surface area contributed by atoms with Gasteiger partial charge in [0.2, 0.25) is 0 Å². The Balaban J connectivity index is 1.87. The molecule has 1 aliphatic heterocycles. The molecule has 166 valence electrons. The van der Waals surface area contributed by atoms with Crippen LogP contribution in [0.4, 0.5) is 13.2 Å². The third-order valence-electron chi connectivity index (χ3n) is 5.47. The number of hydrogen-bond donors (Lipinski definition) is 0. The van der Waals surface area contributed by atoms with Crippen molar-refractivity contribution in [3.8, 4) is 17.5 Å². The van der Waals surface area contributed by atoms with Gasteiger partial charge >= 0.3 is 6.18 Å². The second-order valence-electron chi connectivity index (χ2n) is 8.28. The molecule has 0 saturated heterocycles. The number of halogens is 3. The maximum Gasteiger partial charge on any atom is 0.435 e. The van der Waals surface area contributed by atoms with Crippen molar-refractivity contribution in [1.82, 2.24) is 14.7 Å². The number of amides is 1. The number of rotatable bonds is 7. The van der Waals surface area contributed by atoms with Crippen LogP contribution in [-0.4, -0.2) is 40.8 Å². The van der Waals surface area contributed by atoms with Gasteiger partial charge in [-0.25, -0.2) is 4.68 Å². The summed E-state index contributed by atoms with van der Waals surface area (Å²) in [7, 11) is 1.49. The highest BCUT2D eigenvalue weighted by Gasteiger charge is 2.43. The number of carbonyl (C=O) groups excluding carboxylic acids is 1. The minimum absolute atomic E-state index is 0.0407. The summed E-state index contributed by atoms with van der Waals surface area (Å²) in [5.74, 6) is 0.0914. The Bertz CT molecular complexity index is 988. The number of fused-ring (bicyclic) bond motifs is 1. The number of hydrogen-bond acceptors (Lipinski definition) is 4. The average Bonchev–Trinajstić information content (AvgIpc) is 3.13. The summed E-state index contributed by atoms with van der Waals surface area (Å²) in [4.78, 5) is 14.7. The molecule has 0 fully saturated rings. The van der Waals surface area contributed by atoms with Crippen molar-refractivity contribution in [2.45, 2.75) is 45.7 Å². The summed E-state index contributed by atoms with van der Waals surface area (Å²) in [6.07, 6.45) is -2.43. The number of carbonyl (C=O) groups is 1. The molecule has 0 unspecified atom stereocenters. The van der Waals surface area contributed by atoms with Gasteiger partial charge in [-0.05, 0) is 57.4 Å². The molecule has 1 aromatic heterocycles. The summed E-state index contributed by atoms with van der Waals surface area (Å²) in [6, 6.07) is 8.61. The Hall–Kier alpha value is -3.02. The zero-order valence-electron chi connectivity index (χ0n) is 17.8. The minimum atomic E-state index is -4.65. The van der Waals surface area contributed by atoms with Gasteiger partial charge in [0.25, 0.3) is 5.91 Å². The molecule has 0 bridgehead atoms. The summed E-state index contributed by atoms with van der Waals surface area (Å²) in [5.41, 5.74) is -1.19. The largest absolute Gasteiger partial charge is 0.497 e. The molecule has 0 N–H and O–H groups in total. The molecule has 2 heterocycles. The van der Waals surface area contributed by atoms with Crippen LogP contribution in [-0.2, 0) is 12.6 Å². The Morgan fingerprint density at radius 3 is 2.45 bits per heavy atom. The summed E-state index contributed by atoms with van der Waals surface area (Å²) in [6.45, 7) is 4.36. The van der Waals surface area contributed by atoms with Gasteiger partial charge in [-0.2, -0.15) is 23.5 Å². The highest BCUT2D eigenvalue weighted by Crippen LogP contribution is 2.36. The first kappa shape index (κ1) is 22.7. The van der Waals surface area contributed by atoms with Gasteiger partial charge in [0, 0.05) is 18.7 Å². The predicted octanol–water partition coefficient (Wildman–Crippen LogP) is 4.62. The van der Waals surface area contributed by atoms with E-state index in [1.165, 1.54) is 7.11 Å². The molecular weight excluding hydrogens is 409 g/mol. The van der Waals surface area contributed by atoms with Crippen LogP contribution in [0.25, 0.3) is 5.69 Å². The SMILES string of the molecule is COc1ccc(-n2nc(C(F)(F)F)c3c2C(=O)N(CCCCC(C)(C)C#N)CC3)cc1. The van der Waals surface area contributed by atoms with E-state index in [1.807, 2.05) is 13.8 Å². The topological polar surface area (TPSA) is 71.2 Å². The molecule has 1 aliphatic rings. The number of alkyl halides is 3. The van der Waals surface area contributed by atoms with E-state index in [4.69, 9.17) is 10.00 Å². The second-order valence-corrected chi connectivity index (χ2v) is 8.28. The number of nitriles is 1. The van der Waals surface area contributed by atoms with Crippen molar-refractivity contribution in [3.05, 3.63) is 41.2 Å². The van der Waals surface area contributed by atoms with Crippen LogP contribution < -0.4 is 4.74 Å². The van der Waals surface area contributed by atoms with Crippen LogP contribution in [0, 0.1) is 16.7 Å². The molecule has 0 aliphatic carbocycles. The number of methoxy groups -OCH3 is 1. The molecule has 0 atom stereocenters. The van der Waals surface area contributed by atoms with E-state index in [9.17, 15) is 18.0 Å². The zero-order chi connectivity index (χ0) is 22.8. The summed E-state index contributed by atoms with van der Waals surface area (Å²) >= 11 is 0. The van der Waals surface area contributed by atoms with Gasteiger partial charge in [0.1, 0.15) is 11.4 Å². The van der Waals surface area contributed by atoms with Crippen molar-refractivity contribution in [1.29, 1.82) is 5.26 Å². The lowest BCUT2D eigenvalue weighted by Gasteiger charge is -2.28. The third kappa shape index (κ3) is 4.84. The Kier molecular flexibility index (Phi) is 6.30. The number of nitrogens with zero attached hydrogens (tertiary/aromatic N) is 4. The smallest absolute Gasteiger partial charge is 0.435 e. The van der Waals surface area contributed by atoms with Crippen molar-refractivity contribution in [2.24, 2.45) is 5.41 Å². The molecule has 1 amide bonds. The molecule has 0 radical (unpaired) electrons. The second kappa shape index (κ2) is 8.61. The van der Waals surface area contributed by atoms with E-state index in [0.717, 1.165) is 11.1 Å². The van der Waals surface area contributed by atoms with E-state index in [2.05, 4.69) is 11.2 Å². The number of ether oxygens (including phenoxy) is 1. The number of unbranched alkanes of at least 4 members (excludes halogenated alkanes) is 1. The number of benzene rings is 1. The first-order valence-electron chi connectivity index (χ1n) is 10.1. The first-order chi connectivity index (χ1) is 14.6. The zero-order valence-corrected chi connectivity index (χ0v) is 17.8. The van der Waals surface area contributed by atoms with Crippen molar-refractivity contribution >= 4 is 5.91 Å². The molecule has 0 spiro atoms. The lowest BCUT2D eigenvalue weighted by molar-refractivity contribution is -0.142. The molecule has 0 saturated carbocycles. The van der Waals surface area contributed by atoms with E-state index in [0.29, 0.717) is 30.8 Å². The van der Waals surface area contributed by atoms with E-state index in [1.54, 1.807) is 29.2 Å². The van der Waals surface area contributed by atoms with Gasteiger partial charge < -0.3 is 9.64 Å². The van der Waals surface area contributed by atoms with E-state index >= 15 is 0 Å². The quantitative estimate of drug-likeness (QED) is 0.597. The molecule has 6 nitrogen and oxygen atoms in total. The van der Waals surface area contributed by atoms with Gasteiger partial charge in [0.15, 0.2) is 5.69 Å². The van der Waals surface area contributed by atoms with Crippen LogP contribution in [0.3, 0.4) is 0 Å². The fourth-order valence-corrected chi connectivity index (χ4v) is 3.68. The van der Waals surface area contributed by atoms with Crippen molar-refractivity contribution < 1.29 is 22.7 Å². The Morgan fingerprint density at radius 1 is 1.19 bits per heavy atom. The van der Waals surface area contributed by atoms with Crippen LogP contribution in [0.5, 0.6) is 5.75 Å². The van der Waals surface area contributed by atoms with Gasteiger partial charge in [-0.3, -0.25) is 4.79 Å². The van der Waals surface area contributed by atoms with Gasteiger partial charge in [-0.1, -0.05) is 6.42 Å².